The molecule has 29 heavy (non-hydrogen) atoms. The van der Waals surface area contributed by atoms with Crippen LogP contribution in [0.4, 0.5) is 11.4 Å². The van der Waals surface area contributed by atoms with Gasteiger partial charge in [-0.3, -0.25) is 14.4 Å². The van der Waals surface area contributed by atoms with Crippen molar-refractivity contribution in [2.24, 2.45) is 0 Å². The molecule has 9 heteroatoms. The molecule has 3 rings (SSSR count). The maximum absolute atomic E-state index is 12.4. The average Bonchev–Trinajstić information content (AvgIpc) is 3.09. The Bertz CT molecular complexity index is 963. The Hall–Kier alpha value is -3.10. The van der Waals surface area contributed by atoms with Gasteiger partial charge in [0.25, 0.3) is 11.8 Å². The van der Waals surface area contributed by atoms with E-state index >= 15 is 0 Å². The number of Topliss-reactive ketones (excluding diaryl/α,β-unsaturated/α-hetero) is 1. The van der Waals surface area contributed by atoms with Crippen molar-refractivity contribution in [2.75, 3.05) is 37.6 Å². The molecule has 0 aliphatic carbocycles. The highest BCUT2D eigenvalue weighted by Gasteiger charge is 2.22. The maximum Gasteiger partial charge on any atom is 0.279 e. The zero-order valence-corrected chi connectivity index (χ0v) is 16.8. The van der Waals surface area contributed by atoms with Crippen LogP contribution in [0.15, 0.2) is 36.4 Å². The number of amides is 2. The SMILES string of the molecule is CC(=O)c1cc2c(cc1NC(=O)C[NH+](C)CC(=O)Nc1ccccc1Cl)OCO2. The van der Waals surface area contributed by atoms with Crippen molar-refractivity contribution in [3.05, 3.63) is 47.0 Å². The lowest BCUT2D eigenvalue weighted by Gasteiger charge is -2.15. The monoisotopic (exact) mass is 418 g/mol. The number of carbonyl (C=O) groups is 3. The summed E-state index contributed by atoms with van der Waals surface area (Å²) in [5, 5.41) is 5.87. The van der Waals surface area contributed by atoms with E-state index in [0.717, 1.165) is 0 Å². The number of likely N-dealkylation sites (N-methyl/N-ethyl adjacent to an activating group) is 1. The van der Waals surface area contributed by atoms with Gasteiger partial charge in [-0.05, 0) is 25.1 Å². The number of benzene rings is 2. The van der Waals surface area contributed by atoms with E-state index < -0.39 is 0 Å². The van der Waals surface area contributed by atoms with Crippen molar-refractivity contribution in [1.29, 1.82) is 0 Å². The molecule has 1 unspecified atom stereocenters. The van der Waals surface area contributed by atoms with Gasteiger partial charge in [-0.15, -0.1) is 0 Å². The van der Waals surface area contributed by atoms with E-state index in [1.807, 2.05) is 0 Å². The van der Waals surface area contributed by atoms with Crippen molar-refractivity contribution >= 4 is 40.6 Å². The molecular weight excluding hydrogens is 398 g/mol. The molecule has 0 radical (unpaired) electrons. The Morgan fingerprint density at radius 3 is 2.21 bits per heavy atom. The number of hydrogen-bond donors (Lipinski definition) is 3. The molecule has 0 spiro atoms. The number of para-hydroxylation sites is 1. The molecule has 1 heterocycles. The van der Waals surface area contributed by atoms with Crippen LogP contribution >= 0.6 is 11.6 Å². The largest absolute Gasteiger partial charge is 0.454 e. The van der Waals surface area contributed by atoms with Crippen LogP contribution in [-0.4, -0.2) is 44.5 Å². The Morgan fingerprint density at radius 1 is 1.00 bits per heavy atom. The summed E-state index contributed by atoms with van der Waals surface area (Å²) in [6.07, 6.45) is 0. The van der Waals surface area contributed by atoms with Gasteiger partial charge in [-0.2, -0.15) is 0 Å². The van der Waals surface area contributed by atoms with Crippen LogP contribution in [0.25, 0.3) is 0 Å². The number of halogens is 1. The molecule has 2 amide bonds. The normalized spacial score (nSPS) is 12.9. The molecule has 1 atom stereocenters. The molecule has 1 aliphatic rings. The second kappa shape index (κ2) is 8.93. The topological polar surface area (TPSA) is 98.2 Å². The lowest BCUT2D eigenvalue weighted by Crippen LogP contribution is -3.11. The number of quaternary nitrogens is 1. The Morgan fingerprint density at radius 2 is 1.59 bits per heavy atom. The minimum absolute atomic E-state index is 0.0295. The third kappa shape index (κ3) is 5.24. The molecule has 3 N–H and O–H groups in total. The van der Waals surface area contributed by atoms with Gasteiger partial charge in [0.2, 0.25) is 6.79 Å². The van der Waals surface area contributed by atoms with Crippen LogP contribution in [0.1, 0.15) is 17.3 Å². The summed E-state index contributed by atoms with van der Waals surface area (Å²) in [6, 6.07) is 10.0. The van der Waals surface area contributed by atoms with E-state index in [2.05, 4.69) is 10.6 Å². The molecule has 0 fully saturated rings. The predicted octanol–water partition coefficient (Wildman–Crippen LogP) is 1.36. The van der Waals surface area contributed by atoms with Crippen molar-refractivity contribution in [3.8, 4) is 11.5 Å². The van der Waals surface area contributed by atoms with Crippen LogP contribution in [0.5, 0.6) is 11.5 Å². The summed E-state index contributed by atoms with van der Waals surface area (Å²) in [5.74, 6) is 0.112. The molecule has 152 valence electrons. The highest BCUT2D eigenvalue weighted by atomic mass is 35.5. The van der Waals surface area contributed by atoms with Crippen LogP contribution in [0.2, 0.25) is 5.02 Å². The number of ether oxygens (including phenoxy) is 2. The van der Waals surface area contributed by atoms with Gasteiger partial charge in [0.15, 0.2) is 30.4 Å². The average molecular weight is 419 g/mol. The fraction of sp³-hybridized carbons (Fsp3) is 0.250. The lowest BCUT2D eigenvalue weighted by atomic mass is 10.1. The van der Waals surface area contributed by atoms with Gasteiger partial charge in [-0.25, -0.2) is 0 Å². The first-order valence-electron chi connectivity index (χ1n) is 8.93. The first-order chi connectivity index (χ1) is 13.8. The third-order valence-electron chi connectivity index (χ3n) is 4.24. The molecule has 2 aromatic carbocycles. The number of rotatable bonds is 7. The number of fused-ring (bicyclic) bond motifs is 1. The summed E-state index contributed by atoms with van der Waals surface area (Å²) < 4.78 is 10.6. The molecule has 0 saturated heterocycles. The van der Waals surface area contributed by atoms with Gasteiger partial charge < -0.3 is 25.0 Å². The van der Waals surface area contributed by atoms with E-state index in [1.54, 1.807) is 43.4 Å². The predicted molar refractivity (Wildman–Crippen MR) is 108 cm³/mol. The quantitative estimate of drug-likeness (QED) is 0.590. The maximum atomic E-state index is 12.4. The molecule has 0 saturated carbocycles. The smallest absolute Gasteiger partial charge is 0.279 e. The lowest BCUT2D eigenvalue weighted by molar-refractivity contribution is -0.862. The van der Waals surface area contributed by atoms with Crippen LogP contribution in [0.3, 0.4) is 0 Å². The third-order valence-corrected chi connectivity index (χ3v) is 4.57. The second-order valence-corrected chi connectivity index (χ2v) is 7.10. The molecule has 0 aromatic heterocycles. The fourth-order valence-corrected chi connectivity index (χ4v) is 3.08. The van der Waals surface area contributed by atoms with Crippen molar-refractivity contribution in [3.63, 3.8) is 0 Å². The van der Waals surface area contributed by atoms with E-state index in [9.17, 15) is 14.4 Å². The molecule has 0 bridgehead atoms. The highest BCUT2D eigenvalue weighted by molar-refractivity contribution is 6.33. The first-order valence-corrected chi connectivity index (χ1v) is 9.31. The van der Waals surface area contributed by atoms with Gasteiger partial charge >= 0.3 is 0 Å². The molecule has 8 nitrogen and oxygen atoms in total. The van der Waals surface area contributed by atoms with Crippen LogP contribution in [0, 0.1) is 0 Å². The minimum Gasteiger partial charge on any atom is -0.454 e. The van der Waals surface area contributed by atoms with Crippen molar-refractivity contribution < 1.29 is 28.8 Å². The molecule has 1 aliphatic heterocycles. The van der Waals surface area contributed by atoms with Crippen molar-refractivity contribution in [1.82, 2.24) is 0 Å². The van der Waals surface area contributed by atoms with Gasteiger partial charge in [0.1, 0.15) is 0 Å². The number of hydrogen-bond acceptors (Lipinski definition) is 5. The van der Waals surface area contributed by atoms with Gasteiger partial charge in [-0.1, -0.05) is 23.7 Å². The molecule has 2 aromatic rings. The Balaban J connectivity index is 1.58. The summed E-state index contributed by atoms with van der Waals surface area (Å²) in [6.45, 7) is 1.57. The van der Waals surface area contributed by atoms with E-state index in [0.29, 0.717) is 38.4 Å². The van der Waals surface area contributed by atoms with Gasteiger partial charge in [0, 0.05) is 11.6 Å². The Kier molecular flexibility index (Phi) is 6.36. The van der Waals surface area contributed by atoms with E-state index in [-0.39, 0.29) is 37.5 Å². The standard InChI is InChI=1S/C20H20ClN3O5/c1-12(25)13-7-17-18(29-11-28-17)8-16(13)23-20(27)10-24(2)9-19(26)22-15-6-4-3-5-14(15)21/h3-8H,9-11H2,1-2H3,(H,22,26)(H,23,27)/p+1. The van der Waals surface area contributed by atoms with E-state index in [1.165, 1.54) is 6.92 Å². The van der Waals surface area contributed by atoms with Crippen LogP contribution < -0.4 is 25.0 Å². The van der Waals surface area contributed by atoms with E-state index in [4.69, 9.17) is 21.1 Å². The van der Waals surface area contributed by atoms with Crippen molar-refractivity contribution in [2.45, 2.75) is 6.92 Å². The number of ketones is 1. The second-order valence-electron chi connectivity index (χ2n) is 6.69. The zero-order chi connectivity index (χ0) is 21.0. The summed E-state index contributed by atoms with van der Waals surface area (Å²) in [4.78, 5) is 37.2. The molecular formula is C20H21ClN3O5+. The summed E-state index contributed by atoms with van der Waals surface area (Å²) in [7, 11) is 1.72. The highest BCUT2D eigenvalue weighted by Crippen LogP contribution is 2.37. The van der Waals surface area contributed by atoms with Crippen LogP contribution in [-0.2, 0) is 9.59 Å². The first kappa shape index (κ1) is 20.6. The van der Waals surface area contributed by atoms with Gasteiger partial charge in [0.05, 0.1) is 23.4 Å². The fourth-order valence-electron chi connectivity index (χ4n) is 2.90. The zero-order valence-electron chi connectivity index (χ0n) is 16.0. The summed E-state index contributed by atoms with van der Waals surface area (Å²) in [5.41, 5.74) is 1.19. The summed E-state index contributed by atoms with van der Waals surface area (Å²) >= 11 is 6.03. The number of nitrogens with one attached hydrogen (secondary N) is 3. The number of anilines is 2. The minimum atomic E-state index is -0.339. The Labute approximate surface area is 172 Å². The number of carbonyl (C=O) groups excluding carboxylic acids is 3.